The lowest BCUT2D eigenvalue weighted by Crippen LogP contribution is -2.28. The predicted octanol–water partition coefficient (Wildman–Crippen LogP) is 7.30. The molecule has 0 amide bonds. The number of benzene rings is 3. The topological polar surface area (TPSA) is 44.1 Å². The number of thiophene rings is 1. The predicted molar refractivity (Wildman–Crippen MR) is 151 cm³/mol. The van der Waals surface area contributed by atoms with E-state index < -0.39 is 0 Å². The minimum Gasteiger partial charge on any atom is -0.372 e. The molecular weight excluding hydrogens is 484 g/mol. The van der Waals surface area contributed by atoms with E-state index in [9.17, 15) is 4.79 Å². The van der Waals surface area contributed by atoms with Crippen molar-refractivity contribution in [2.24, 2.45) is 5.92 Å². The monoisotopic (exact) mass is 512 g/mol. The molecule has 36 heavy (non-hydrogen) atoms. The van der Waals surface area contributed by atoms with E-state index in [0.717, 1.165) is 49.2 Å². The van der Waals surface area contributed by atoms with Gasteiger partial charge < -0.3 is 4.74 Å². The van der Waals surface area contributed by atoms with Gasteiger partial charge in [0, 0.05) is 17.1 Å². The smallest absolute Gasteiger partial charge is 0.267 e. The van der Waals surface area contributed by atoms with Crippen LogP contribution in [0, 0.1) is 12.8 Å². The highest BCUT2D eigenvalue weighted by Crippen LogP contribution is 2.37. The average Bonchev–Trinajstić information content (AvgIpc) is 3.26. The molecule has 5 aromatic rings. The van der Waals surface area contributed by atoms with Crippen molar-refractivity contribution in [1.29, 1.82) is 0 Å². The van der Waals surface area contributed by atoms with Crippen LogP contribution in [0.1, 0.15) is 35.4 Å². The number of fused-ring (bicyclic) bond motifs is 4. The van der Waals surface area contributed by atoms with Gasteiger partial charge in [-0.1, -0.05) is 85.8 Å². The molecule has 0 spiro atoms. The Morgan fingerprint density at radius 1 is 1.08 bits per heavy atom. The summed E-state index contributed by atoms with van der Waals surface area (Å²) in [4.78, 5) is 21.2. The maximum atomic E-state index is 14.1. The summed E-state index contributed by atoms with van der Waals surface area (Å²) in [6.45, 7) is 6.97. The minimum absolute atomic E-state index is 0.0196. The number of hydrogen-bond donors (Lipinski definition) is 0. The molecule has 1 aliphatic rings. The molecule has 0 saturated carbocycles. The van der Waals surface area contributed by atoms with Crippen molar-refractivity contribution in [3.8, 4) is 5.69 Å². The quantitative estimate of drug-likeness (QED) is 0.183. The second-order valence-corrected chi connectivity index (χ2v) is 11.8. The number of hydrogen-bond acceptors (Lipinski definition) is 5. The van der Waals surface area contributed by atoms with Gasteiger partial charge in [0.2, 0.25) is 0 Å². The molecule has 6 heteroatoms. The third kappa shape index (κ3) is 4.17. The Hall–Kier alpha value is -2.93. The summed E-state index contributed by atoms with van der Waals surface area (Å²) < 4.78 is 7.92. The Morgan fingerprint density at radius 3 is 2.67 bits per heavy atom. The van der Waals surface area contributed by atoms with Crippen LogP contribution in [0.5, 0.6) is 0 Å². The van der Waals surface area contributed by atoms with Crippen LogP contribution in [0.3, 0.4) is 0 Å². The molecule has 3 heterocycles. The van der Waals surface area contributed by atoms with Crippen molar-refractivity contribution in [1.82, 2.24) is 9.55 Å². The Balaban J connectivity index is 1.49. The van der Waals surface area contributed by atoms with E-state index in [2.05, 4.69) is 75.4 Å². The van der Waals surface area contributed by atoms with Crippen LogP contribution in [0.25, 0.3) is 26.7 Å². The van der Waals surface area contributed by atoms with E-state index in [1.165, 1.54) is 16.3 Å². The molecule has 0 radical (unpaired) electrons. The highest BCUT2D eigenvalue weighted by atomic mass is 32.2. The van der Waals surface area contributed by atoms with Crippen molar-refractivity contribution in [2.45, 2.75) is 50.8 Å². The van der Waals surface area contributed by atoms with Gasteiger partial charge in [0.05, 0.1) is 23.8 Å². The second-order valence-electron chi connectivity index (χ2n) is 9.78. The van der Waals surface area contributed by atoms with E-state index in [1.54, 1.807) is 23.1 Å². The van der Waals surface area contributed by atoms with E-state index in [-0.39, 0.29) is 11.7 Å². The van der Waals surface area contributed by atoms with Gasteiger partial charge in [-0.05, 0) is 46.9 Å². The number of rotatable bonds is 5. The van der Waals surface area contributed by atoms with Gasteiger partial charge >= 0.3 is 0 Å². The standard InChI is InChI=1S/C30H28N2O2S2/c1-18(2)25-15-24-26(16-34-25)36-28-27(24)29(33)32(22-13-11-19(3)12-14-22)30(31-28)35-17-21-9-6-8-20-7-4-5-10-23(20)21/h4-14,18,25H,15-17H2,1-3H3/t25-/m0/s1. The van der Waals surface area contributed by atoms with Crippen molar-refractivity contribution in [3.05, 3.63) is 98.7 Å². The molecule has 6 rings (SSSR count). The third-order valence-electron chi connectivity index (χ3n) is 6.98. The first-order valence-corrected chi connectivity index (χ1v) is 14.1. The van der Waals surface area contributed by atoms with Gasteiger partial charge in [0.15, 0.2) is 5.16 Å². The third-order valence-corrected chi connectivity index (χ3v) is 9.07. The first kappa shape index (κ1) is 23.5. The molecule has 0 fully saturated rings. The molecule has 0 bridgehead atoms. The summed E-state index contributed by atoms with van der Waals surface area (Å²) >= 11 is 3.23. The number of aryl methyl sites for hydroxylation is 1. The highest BCUT2D eigenvalue weighted by Gasteiger charge is 2.28. The number of nitrogens with zero attached hydrogens (tertiary/aromatic N) is 2. The lowest BCUT2D eigenvalue weighted by Gasteiger charge is -2.26. The lowest BCUT2D eigenvalue weighted by atomic mass is 9.96. The number of ether oxygens (including phenoxy) is 1. The molecule has 2 aromatic heterocycles. The molecule has 0 saturated heterocycles. The van der Waals surface area contributed by atoms with Gasteiger partial charge in [-0.2, -0.15) is 0 Å². The van der Waals surface area contributed by atoms with Crippen LogP contribution in [-0.4, -0.2) is 15.7 Å². The van der Waals surface area contributed by atoms with Crippen LogP contribution in [0.4, 0.5) is 0 Å². The van der Waals surface area contributed by atoms with Gasteiger partial charge in [-0.25, -0.2) is 4.98 Å². The lowest BCUT2D eigenvalue weighted by molar-refractivity contribution is 0.00200. The fourth-order valence-electron chi connectivity index (χ4n) is 4.92. The largest absolute Gasteiger partial charge is 0.372 e. The zero-order valence-corrected chi connectivity index (χ0v) is 22.3. The molecule has 1 atom stereocenters. The summed E-state index contributed by atoms with van der Waals surface area (Å²) in [6.07, 6.45) is 0.892. The summed E-state index contributed by atoms with van der Waals surface area (Å²) in [5, 5.41) is 3.95. The first-order chi connectivity index (χ1) is 17.5. The van der Waals surface area contributed by atoms with Crippen molar-refractivity contribution in [3.63, 3.8) is 0 Å². The minimum atomic E-state index is 0.0196. The number of thioether (sulfide) groups is 1. The summed E-state index contributed by atoms with van der Waals surface area (Å²) in [6, 6.07) is 23.0. The maximum Gasteiger partial charge on any atom is 0.267 e. The summed E-state index contributed by atoms with van der Waals surface area (Å²) in [5.41, 5.74) is 4.40. The summed E-state index contributed by atoms with van der Waals surface area (Å²) in [5.74, 6) is 1.13. The van der Waals surface area contributed by atoms with E-state index in [0.29, 0.717) is 12.5 Å². The van der Waals surface area contributed by atoms with Crippen molar-refractivity contribution < 1.29 is 4.74 Å². The van der Waals surface area contributed by atoms with E-state index >= 15 is 0 Å². The zero-order chi connectivity index (χ0) is 24.8. The van der Waals surface area contributed by atoms with E-state index in [4.69, 9.17) is 9.72 Å². The fraction of sp³-hybridized carbons (Fsp3) is 0.267. The van der Waals surface area contributed by atoms with Crippen LogP contribution in [0.2, 0.25) is 0 Å². The van der Waals surface area contributed by atoms with Gasteiger partial charge in [0.25, 0.3) is 5.56 Å². The van der Waals surface area contributed by atoms with Crippen LogP contribution in [-0.2, 0) is 23.5 Å². The van der Waals surface area contributed by atoms with Gasteiger partial charge in [0.1, 0.15) is 4.83 Å². The molecular formula is C30H28N2O2S2. The van der Waals surface area contributed by atoms with Crippen LogP contribution >= 0.6 is 23.1 Å². The maximum absolute atomic E-state index is 14.1. The molecule has 0 unspecified atom stereocenters. The molecule has 3 aromatic carbocycles. The van der Waals surface area contributed by atoms with Gasteiger partial charge in [-0.15, -0.1) is 11.3 Å². The Kier molecular flexibility index (Phi) is 6.20. The molecule has 4 nitrogen and oxygen atoms in total. The normalized spacial score (nSPS) is 15.6. The first-order valence-electron chi connectivity index (χ1n) is 12.3. The highest BCUT2D eigenvalue weighted by molar-refractivity contribution is 7.98. The molecule has 0 N–H and O–H groups in total. The van der Waals surface area contributed by atoms with Gasteiger partial charge in [-0.3, -0.25) is 9.36 Å². The van der Waals surface area contributed by atoms with Crippen molar-refractivity contribution >= 4 is 44.1 Å². The Bertz CT molecular complexity index is 1630. The van der Waals surface area contributed by atoms with Crippen molar-refractivity contribution in [2.75, 3.05) is 0 Å². The Morgan fingerprint density at radius 2 is 1.86 bits per heavy atom. The SMILES string of the molecule is Cc1ccc(-n2c(SCc3cccc4ccccc34)nc3sc4c(c3c2=O)C[C@@H](C(C)C)OC4)cc1. The number of aromatic nitrogens is 2. The fourth-order valence-corrected chi connectivity index (χ4v) is 7.10. The molecule has 182 valence electrons. The molecule has 0 aliphatic carbocycles. The average molecular weight is 513 g/mol. The Labute approximate surface area is 219 Å². The van der Waals surface area contributed by atoms with Crippen LogP contribution < -0.4 is 5.56 Å². The van der Waals surface area contributed by atoms with Crippen LogP contribution in [0.15, 0.2) is 76.7 Å². The summed E-state index contributed by atoms with van der Waals surface area (Å²) in [7, 11) is 0. The second kappa shape index (κ2) is 9.51. The molecule has 1 aliphatic heterocycles. The van der Waals surface area contributed by atoms with E-state index in [1.807, 2.05) is 16.7 Å². The zero-order valence-electron chi connectivity index (χ0n) is 20.7.